The van der Waals surface area contributed by atoms with Crippen molar-refractivity contribution in [1.29, 1.82) is 0 Å². The van der Waals surface area contributed by atoms with E-state index in [2.05, 4.69) is 9.82 Å². The predicted molar refractivity (Wildman–Crippen MR) is 76.5 cm³/mol. The standard InChI is InChI=1S/C13H18N4O2S/c1-11(14)12-3-5-13(6-4-12)20(18,19)16-8-10-17-9-2-7-15-17/h2-7,9,11,16H,8,10,14H2,1H3. The average molecular weight is 294 g/mol. The van der Waals surface area contributed by atoms with Crippen molar-refractivity contribution in [2.75, 3.05) is 6.54 Å². The molecule has 0 spiro atoms. The van der Waals surface area contributed by atoms with Gasteiger partial charge in [-0.3, -0.25) is 4.68 Å². The first-order valence-electron chi connectivity index (χ1n) is 6.32. The summed E-state index contributed by atoms with van der Waals surface area (Å²) in [7, 11) is -3.49. The lowest BCUT2D eigenvalue weighted by atomic mass is 10.1. The number of nitrogens with zero attached hydrogens (tertiary/aromatic N) is 2. The number of sulfonamides is 1. The Hall–Kier alpha value is -1.70. The molecule has 7 heteroatoms. The summed E-state index contributed by atoms with van der Waals surface area (Å²) < 4.78 is 28.4. The number of aromatic nitrogens is 2. The molecule has 0 radical (unpaired) electrons. The van der Waals surface area contributed by atoms with Crippen LogP contribution in [0.2, 0.25) is 0 Å². The zero-order valence-corrected chi connectivity index (χ0v) is 12.0. The second-order valence-corrected chi connectivity index (χ2v) is 6.29. The highest BCUT2D eigenvalue weighted by atomic mass is 32.2. The largest absolute Gasteiger partial charge is 0.324 e. The van der Waals surface area contributed by atoms with Gasteiger partial charge in [0, 0.05) is 25.0 Å². The van der Waals surface area contributed by atoms with E-state index in [1.807, 2.05) is 6.92 Å². The fourth-order valence-electron chi connectivity index (χ4n) is 1.76. The fraction of sp³-hybridized carbons (Fsp3) is 0.308. The van der Waals surface area contributed by atoms with Gasteiger partial charge in [-0.2, -0.15) is 5.10 Å². The van der Waals surface area contributed by atoms with E-state index in [0.717, 1.165) is 5.56 Å². The predicted octanol–water partition coefficient (Wildman–Crippen LogP) is 0.881. The topological polar surface area (TPSA) is 90.0 Å². The molecule has 20 heavy (non-hydrogen) atoms. The summed E-state index contributed by atoms with van der Waals surface area (Å²) in [6.45, 7) is 2.63. The van der Waals surface area contributed by atoms with Gasteiger partial charge in [-0.05, 0) is 30.7 Å². The lowest BCUT2D eigenvalue weighted by molar-refractivity contribution is 0.561. The van der Waals surface area contributed by atoms with Crippen molar-refractivity contribution >= 4 is 10.0 Å². The molecule has 2 rings (SSSR count). The van der Waals surface area contributed by atoms with Crippen LogP contribution in [0, 0.1) is 0 Å². The van der Waals surface area contributed by atoms with Gasteiger partial charge in [0.1, 0.15) is 0 Å². The molecule has 0 fully saturated rings. The molecule has 1 aromatic heterocycles. The Balaban J connectivity index is 1.99. The van der Waals surface area contributed by atoms with Crippen LogP contribution in [0.5, 0.6) is 0 Å². The first kappa shape index (κ1) is 14.7. The monoisotopic (exact) mass is 294 g/mol. The van der Waals surface area contributed by atoms with Gasteiger partial charge in [-0.25, -0.2) is 13.1 Å². The maximum atomic E-state index is 12.1. The fourth-order valence-corrected chi connectivity index (χ4v) is 2.78. The highest BCUT2D eigenvalue weighted by Crippen LogP contribution is 2.14. The summed E-state index contributed by atoms with van der Waals surface area (Å²) >= 11 is 0. The van der Waals surface area contributed by atoms with E-state index in [-0.39, 0.29) is 10.9 Å². The highest BCUT2D eigenvalue weighted by molar-refractivity contribution is 7.89. The van der Waals surface area contributed by atoms with E-state index in [0.29, 0.717) is 13.1 Å². The minimum Gasteiger partial charge on any atom is -0.324 e. The summed E-state index contributed by atoms with van der Waals surface area (Å²) in [6.07, 6.45) is 3.44. The zero-order valence-electron chi connectivity index (χ0n) is 11.2. The van der Waals surface area contributed by atoms with Crippen LogP contribution in [0.25, 0.3) is 0 Å². The highest BCUT2D eigenvalue weighted by Gasteiger charge is 2.13. The summed E-state index contributed by atoms with van der Waals surface area (Å²) in [5.74, 6) is 0. The van der Waals surface area contributed by atoms with Crippen molar-refractivity contribution in [3.8, 4) is 0 Å². The Morgan fingerprint density at radius 1 is 1.35 bits per heavy atom. The van der Waals surface area contributed by atoms with Crippen LogP contribution >= 0.6 is 0 Å². The lowest BCUT2D eigenvalue weighted by Crippen LogP contribution is -2.27. The van der Waals surface area contributed by atoms with Gasteiger partial charge in [0.15, 0.2) is 0 Å². The normalized spacial score (nSPS) is 13.3. The molecule has 0 saturated heterocycles. The molecule has 0 aliphatic rings. The van der Waals surface area contributed by atoms with Crippen molar-refractivity contribution in [3.05, 3.63) is 48.3 Å². The molecule has 1 heterocycles. The van der Waals surface area contributed by atoms with Crippen LogP contribution in [0.4, 0.5) is 0 Å². The minimum atomic E-state index is -3.49. The van der Waals surface area contributed by atoms with Crippen molar-refractivity contribution in [2.24, 2.45) is 5.73 Å². The third kappa shape index (κ3) is 3.66. The molecular formula is C13H18N4O2S. The van der Waals surface area contributed by atoms with Crippen LogP contribution in [-0.4, -0.2) is 24.7 Å². The third-order valence-corrected chi connectivity index (χ3v) is 4.39. The van der Waals surface area contributed by atoms with Gasteiger partial charge in [0.25, 0.3) is 0 Å². The van der Waals surface area contributed by atoms with Gasteiger partial charge < -0.3 is 5.73 Å². The van der Waals surface area contributed by atoms with Gasteiger partial charge >= 0.3 is 0 Å². The van der Waals surface area contributed by atoms with Crippen LogP contribution < -0.4 is 10.5 Å². The molecule has 0 saturated carbocycles. The first-order valence-corrected chi connectivity index (χ1v) is 7.80. The third-order valence-electron chi connectivity index (χ3n) is 2.91. The van der Waals surface area contributed by atoms with Crippen molar-refractivity contribution < 1.29 is 8.42 Å². The van der Waals surface area contributed by atoms with Gasteiger partial charge in [-0.15, -0.1) is 0 Å². The Morgan fingerprint density at radius 3 is 2.60 bits per heavy atom. The van der Waals surface area contributed by atoms with Crippen LogP contribution in [0.3, 0.4) is 0 Å². The van der Waals surface area contributed by atoms with E-state index >= 15 is 0 Å². The number of hydrogen-bond acceptors (Lipinski definition) is 4. The minimum absolute atomic E-state index is 0.112. The number of nitrogens with one attached hydrogen (secondary N) is 1. The van der Waals surface area contributed by atoms with E-state index in [4.69, 9.17) is 5.73 Å². The molecule has 3 N–H and O–H groups in total. The first-order chi connectivity index (χ1) is 9.49. The van der Waals surface area contributed by atoms with Crippen LogP contribution in [0.1, 0.15) is 18.5 Å². The summed E-state index contributed by atoms with van der Waals surface area (Å²) in [6, 6.07) is 8.27. The average Bonchev–Trinajstić information content (AvgIpc) is 2.92. The SMILES string of the molecule is CC(N)c1ccc(S(=O)(=O)NCCn2cccn2)cc1. The molecule has 0 aliphatic carbocycles. The van der Waals surface area contributed by atoms with E-state index in [1.54, 1.807) is 47.4 Å². The van der Waals surface area contributed by atoms with Gasteiger partial charge in [0.2, 0.25) is 10.0 Å². The quantitative estimate of drug-likeness (QED) is 0.827. The molecule has 0 amide bonds. The number of hydrogen-bond donors (Lipinski definition) is 2. The number of rotatable bonds is 6. The number of benzene rings is 1. The molecule has 2 aromatic rings. The van der Waals surface area contributed by atoms with E-state index in [1.165, 1.54) is 0 Å². The Morgan fingerprint density at radius 2 is 2.05 bits per heavy atom. The van der Waals surface area contributed by atoms with Gasteiger partial charge in [-0.1, -0.05) is 12.1 Å². The second kappa shape index (κ2) is 6.17. The zero-order chi connectivity index (χ0) is 14.6. The molecule has 1 atom stereocenters. The molecular weight excluding hydrogens is 276 g/mol. The molecule has 6 nitrogen and oxygen atoms in total. The molecule has 1 aromatic carbocycles. The molecule has 108 valence electrons. The van der Waals surface area contributed by atoms with Crippen LogP contribution in [0.15, 0.2) is 47.6 Å². The summed E-state index contributed by atoms with van der Waals surface area (Å²) in [5.41, 5.74) is 6.64. The molecule has 0 bridgehead atoms. The summed E-state index contributed by atoms with van der Waals surface area (Å²) in [4.78, 5) is 0.238. The second-order valence-electron chi connectivity index (χ2n) is 4.52. The van der Waals surface area contributed by atoms with E-state index in [9.17, 15) is 8.42 Å². The van der Waals surface area contributed by atoms with Crippen molar-refractivity contribution in [1.82, 2.24) is 14.5 Å². The van der Waals surface area contributed by atoms with Gasteiger partial charge in [0.05, 0.1) is 11.4 Å². The maximum absolute atomic E-state index is 12.1. The lowest BCUT2D eigenvalue weighted by Gasteiger charge is -2.09. The number of nitrogens with two attached hydrogens (primary N) is 1. The molecule has 0 aliphatic heterocycles. The smallest absolute Gasteiger partial charge is 0.240 e. The maximum Gasteiger partial charge on any atom is 0.240 e. The van der Waals surface area contributed by atoms with E-state index < -0.39 is 10.0 Å². The Bertz CT molecular complexity index is 634. The summed E-state index contributed by atoms with van der Waals surface area (Å²) in [5, 5.41) is 4.01. The van der Waals surface area contributed by atoms with Crippen molar-refractivity contribution in [2.45, 2.75) is 24.4 Å². The van der Waals surface area contributed by atoms with Crippen LogP contribution in [-0.2, 0) is 16.6 Å². The van der Waals surface area contributed by atoms with Crippen molar-refractivity contribution in [3.63, 3.8) is 0 Å². The Kier molecular flexibility index (Phi) is 4.53. The molecule has 1 unspecified atom stereocenters. The Labute approximate surface area is 118 Å².